The molecule has 2 atom stereocenters. The number of rotatable bonds is 7. The van der Waals surface area contributed by atoms with Crippen LogP contribution in [0.1, 0.15) is 31.9 Å². The molecule has 0 saturated heterocycles. The van der Waals surface area contributed by atoms with Gasteiger partial charge in [-0.05, 0) is 37.1 Å². The van der Waals surface area contributed by atoms with Gasteiger partial charge >= 0.3 is 0 Å². The first-order chi connectivity index (χ1) is 12.2. The van der Waals surface area contributed by atoms with Crippen LogP contribution in [0.3, 0.4) is 0 Å². The fourth-order valence-corrected chi connectivity index (χ4v) is 4.20. The van der Waals surface area contributed by atoms with Crippen LogP contribution in [0.15, 0.2) is 54.6 Å². The van der Waals surface area contributed by atoms with E-state index in [-0.39, 0.29) is 11.9 Å². The highest BCUT2D eigenvalue weighted by Gasteiger charge is 2.32. The Morgan fingerprint density at radius 3 is 2.35 bits per heavy atom. The summed E-state index contributed by atoms with van der Waals surface area (Å²) in [5.41, 5.74) is 1.32. The number of halogens is 1. The fraction of sp³-hybridized carbons (Fsp3) is 0.316. The van der Waals surface area contributed by atoms with E-state index >= 15 is 0 Å². The van der Waals surface area contributed by atoms with Crippen LogP contribution in [0.25, 0.3) is 0 Å². The molecule has 26 heavy (non-hydrogen) atoms. The lowest BCUT2D eigenvalue weighted by Gasteiger charge is -2.31. The highest BCUT2D eigenvalue weighted by atomic mass is 35.5. The summed E-state index contributed by atoms with van der Waals surface area (Å²) in [4.78, 5) is 12.9. The van der Waals surface area contributed by atoms with E-state index in [0.717, 1.165) is 16.1 Å². The Balaban J connectivity index is 2.31. The van der Waals surface area contributed by atoms with Crippen LogP contribution in [0.4, 0.5) is 5.69 Å². The molecule has 0 fully saturated rings. The minimum absolute atomic E-state index is 0.237. The third-order valence-electron chi connectivity index (χ3n) is 4.05. The van der Waals surface area contributed by atoms with Gasteiger partial charge in [-0.15, -0.1) is 0 Å². The van der Waals surface area contributed by atoms with Crippen LogP contribution < -0.4 is 9.62 Å². The average molecular weight is 395 g/mol. The van der Waals surface area contributed by atoms with Crippen molar-refractivity contribution in [2.24, 2.45) is 0 Å². The van der Waals surface area contributed by atoms with Gasteiger partial charge in [-0.1, -0.05) is 54.9 Å². The summed E-state index contributed by atoms with van der Waals surface area (Å²) in [6, 6.07) is 14.9. The first kappa shape index (κ1) is 20.3. The van der Waals surface area contributed by atoms with Gasteiger partial charge in [0.1, 0.15) is 6.04 Å². The second-order valence-corrected chi connectivity index (χ2v) is 8.40. The Hall–Kier alpha value is -2.05. The smallest absolute Gasteiger partial charge is 0.244 e. The minimum atomic E-state index is -3.68. The number of carbonyl (C=O) groups excluding carboxylic acids is 1. The number of sulfonamides is 1. The van der Waals surface area contributed by atoms with E-state index in [4.69, 9.17) is 11.6 Å². The molecule has 5 nitrogen and oxygen atoms in total. The first-order valence-electron chi connectivity index (χ1n) is 8.34. The predicted octanol–water partition coefficient (Wildman–Crippen LogP) is 3.76. The normalized spacial score (nSPS) is 13.7. The van der Waals surface area contributed by atoms with Gasteiger partial charge in [-0.25, -0.2) is 8.42 Å². The zero-order valence-corrected chi connectivity index (χ0v) is 16.6. The van der Waals surface area contributed by atoms with Gasteiger partial charge in [0.25, 0.3) is 0 Å². The minimum Gasteiger partial charge on any atom is -0.348 e. The molecule has 1 amide bonds. The van der Waals surface area contributed by atoms with E-state index in [1.165, 1.54) is 0 Å². The molecule has 0 bridgehead atoms. The summed E-state index contributed by atoms with van der Waals surface area (Å²) in [5, 5.41) is 3.31. The maximum Gasteiger partial charge on any atom is 0.244 e. The van der Waals surface area contributed by atoms with E-state index < -0.39 is 16.1 Å². The zero-order chi connectivity index (χ0) is 19.3. The Morgan fingerprint density at radius 1 is 1.15 bits per heavy atom. The molecule has 0 radical (unpaired) electrons. The highest BCUT2D eigenvalue weighted by molar-refractivity contribution is 7.92. The third kappa shape index (κ3) is 4.99. The SMILES string of the molecule is CC[C@H](C(=O)N[C@H](C)c1ccccc1)N(c1cccc(Cl)c1)S(C)(=O)=O. The number of carbonyl (C=O) groups is 1. The molecule has 0 heterocycles. The lowest BCUT2D eigenvalue weighted by molar-refractivity contribution is -0.122. The van der Waals surface area contributed by atoms with E-state index in [1.54, 1.807) is 31.2 Å². The predicted molar refractivity (Wildman–Crippen MR) is 106 cm³/mol. The number of hydrogen-bond donors (Lipinski definition) is 1. The molecule has 0 aliphatic carbocycles. The molecular weight excluding hydrogens is 372 g/mol. The number of hydrogen-bond acceptors (Lipinski definition) is 3. The standard InChI is InChI=1S/C19H23ClN2O3S/c1-4-18(19(23)21-14(2)15-9-6-5-7-10-15)22(26(3,24)25)17-12-8-11-16(20)13-17/h5-14,18H,4H2,1-3H3,(H,21,23)/t14-,18-/m1/s1. The molecule has 0 aromatic heterocycles. The monoisotopic (exact) mass is 394 g/mol. The van der Waals surface area contributed by atoms with Crippen molar-refractivity contribution >= 4 is 33.2 Å². The third-order valence-corrected chi connectivity index (χ3v) is 5.47. The van der Waals surface area contributed by atoms with Crippen molar-refractivity contribution in [1.82, 2.24) is 5.32 Å². The van der Waals surface area contributed by atoms with Crippen molar-refractivity contribution in [2.45, 2.75) is 32.4 Å². The number of anilines is 1. The van der Waals surface area contributed by atoms with E-state index in [0.29, 0.717) is 17.1 Å². The van der Waals surface area contributed by atoms with Crippen LogP contribution in [-0.4, -0.2) is 26.6 Å². The number of amides is 1. The summed E-state index contributed by atoms with van der Waals surface area (Å²) in [7, 11) is -3.68. The lowest BCUT2D eigenvalue weighted by atomic mass is 10.1. The van der Waals surface area contributed by atoms with Crippen molar-refractivity contribution < 1.29 is 13.2 Å². The van der Waals surface area contributed by atoms with Crippen molar-refractivity contribution in [3.05, 3.63) is 65.2 Å². The highest BCUT2D eigenvalue weighted by Crippen LogP contribution is 2.26. The molecule has 2 aromatic carbocycles. The van der Waals surface area contributed by atoms with Gasteiger partial charge in [0.2, 0.25) is 15.9 Å². The molecule has 0 spiro atoms. The maximum absolute atomic E-state index is 12.9. The maximum atomic E-state index is 12.9. The zero-order valence-electron chi connectivity index (χ0n) is 15.0. The molecule has 7 heteroatoms. The topological polar surface area (TPSA) is 66.5 Å². The Bertz CT molecular complexity index is 856. The van der Waals surface area contributed by atoms with Crippen molar-refractivity contribution in [1.29, 1.82) is 0 Å². The quantitative estimate of drug-likeness (QED) is 0.777. The van der Waals surface area contributed by atoms with Crippen LogP contribution in [0.5, 0.6) is 0 Å². The average Bonchev–Trinajstić information content (AvgIpc) is 2.58. The van der Waals surface area contributed by atoms with Crippen LogP contribution >= 0.6 is 11.6 Å². The van der Waals surface area contributed by atoms with E-state index in [1.807, 2.05) is 37.3 Å². The van der Waals surface area contributed by atoms with Crippen molar-refractivity contribution in [3.63, 3.8) is 0 Å². The molecule has 0 aliphatic heterocycles. The van der Waals surface area contributed by atoms with Gasteiger partial charge in [0, 0.05) is 5.02 Å². The molecule has 0 saturated carbocycles. The van der Waals surface area contributed by atoms with Crippen LogP contribution in [0, 0.1) is 0 Å². The number of benzene rings is 2. The van der Waals surface area contributed by atoms with E-state index in [2.05, 4.69) is 5.32 Å². The van der Waals surface area contributed by atoms with Gasteiger partial charge < -0.3 is 5.32 Å². The molecule has 2 aromatic rings. The Morgan fingerprint density at radius 2 is 1.81 bits per heavy atom. The largest absolute Gasteiger partial charge is 0.348 e. The van der Waals surface area contributed by atoms with Gasteiger partial charge in [-0.2, -0.15) is 0 Å². The Kier molecular flexibility index (Phi) is 6.67. The van der Waals surface area contributed by atoms with Crippen LogP contribution in [0.2, 0.25) is 5.02 Å². The van der Waals surface area contributed by atoms with Crippen molar-refractivity contribution in [3.8, 4) is 0 Å². The second-order valence-electron chi connectivity index (χ2n) is 6.10. The summed E-state index contributed by atoms with van der Waals surface area (Å²) in [5.74, 6) is -0.353. The summed E-state index contributed by atoms with van der Waals surface area (Å²) < 4.78 is 25.9. The fourth-order valence-electron chi connectivity index (χ4n) is 2.81. The van der Waals surface area contributed by atoms with E-state index in [9.17, 15) is 13.2 Å². The van der Waals surface area contributed by atoms with Crippen molar-refractivity contribution in [2.75, 3.05) is 10.6 Å². The lowest BCUT2D eigenvalue weighted by Crippen LogP contribution is -2.49. The molecule has 0 aliphatic rings. The summed E-state index contributed by atoms with van der Waals surface area (Å²) in [6.45, 7) is 3.64. The van der Waals surface area contributed by atoms with Gasteiger partial charge in [0.05, 0.1) is 18.0 Å². The number of nitrogens with one attached hydrogen (secondary N) is 1. The molecular formula is C19H23ClN2O3S. The number of nitrogens with zero attached hydrogens (tertiary/aromatic N) is 1. The molecule has 140 valence electrons. The van der Waals surface area contributed by atoms with Gasteiger partial charge in [0.15, 0.2) is 0 Å². The summed E-state index contributed by atoms with van der Waals surface area (Å²) in [6.07, 6.45) is 1.41. The first-order valence-corrected chi connectivity index (χ1v) is 10.6. The Labute approximate surface area is 160 Å². The molecule has 0 unspecified atom stereocenters. The summed E-state index contributed by atoms with van der Waals surface area (Å²) >= 11 is 6.01. The second kappa shape index (κ2) is 8.56. The van der Waals surface area contributed by atoms with Gasteiger partial charge in [-0.3, -0.25) is 9.10 Å². The molecule has 2 rings (SSSR count). The van der Waals surface area contributed by atoms with Crippen LogP contribution in [-0.2, 0) is 14.8 Å². The molecule has 1 N–H and O–H groups in total.